The monoisotopic (exact) mass is 352 g/mol. The van der Waals surface area contributed by atoms with Crippen molar-refractivity contribution in [3.8, 4) is 11.4 Å². The van der Waals surface area contributed by atoms with Crippen LogP contribution in [0.3, 0.4) is 0 Å². The predicted molar refractivity (Wildman–Crippen MR) is 94.1 cm³/mol. The first-order valence-corrected chi connectivity index (χ1v) is 8.64. The summed E-state index contributed by atoms with van der Waals surface area (Å²) in [7, 11) is 0. The minimum atomic E-state index is -0.434. The fourth-order valence-corrected chi connectivity index (χ4v) is 3.30. The van der Waals surface area contributed by atoms with Crippen molar-refractivity contribution in [2.75, 3.05) is 0 Å². The van der Waals surface area contributed by atoms with E-state index in [-0.39, 0.29) is 12.6 Å². The molecule has 1 unspecified atom stereocenters. The van der Waals surface area contributed by atoms with Gasteiger partial charge in [-0.3, -0.25) is 4.98 Å². The molecule has 26 heavy (non-hydrogen) atoms. The Balaban J connectivity index is 1.55. The lowest BCUT2D eigenvalue weighted by Gasteiger charge is -2.26. The summed E-state index contributed by atoms with van der Waals surface area (Å²) in [5.74, 6) is -0.177. The van der Waals surface area contributed by atoms with Crippen LogP contribution in [0.1, 0.15) is 35.7 Å². The molecule has 1 aliphatic rings. The number of halogens is 2. The van der Waals surface area contributed by atoms with E-state index in [0.717, 1.165) is 48.2 Å². The summed E-state index contributed by atoms with van der Waals surface area (Å²) in [6.07, 6.45) is 8.08. The van der Waals surface area contributed by atoms with E-state index in [4.69, 9.17) is 4.98 Å². The van der Waals surface area contributed by atoms with E-state index in [1.54, 1.807) is 12.4 Å². The highest BCUT2D eigenvalue weighted by Gasteiger charge is 2.22. The SMILES string of the molecule is Fc1ccc(F)c(CNC2CCCc3nc(-c4cccnc4)ncc32)c1. The molecule has 0 fully saturated rings. The van der Waals surface area contributed by atoms with Crippen LogP contribution >= 0.6 is 0 Å². The van der Waals surface area contributed by atoms with E-state index in [1.807, 2.05) is 18.3 Å². The highest BCUT2D eigenvalue weighted by molar-refractivity contribution is 5.53. The summed E-state index contributed by atoms with van der Waals surface area (Å²) < 4.78 is 27.2. The number of pyridine rings is 1. The van der Waals surface area contributed by atoms with Crippen molar-refractivity contribution in [2.45, 2.75) is 31.8 Å². The number of nitrogens with one attached hydrogen (secondary N) is 1. The first-order chi connectivity index (χ1) is 12.7. The molecule has 6 heteroatoms. The molecule has 4 rings (SSSR count). The van der Waals surface area contributed by atoms with Gasteiger partial charge in [-0.2, -0.15) is 0 Å². The van der Waals surface area contributed by atoms with Crippen LogP contribution in [-0.4, -0.2) is 15.0 Å². The van der Waals surface area contributed by atoms with Gasteiger partial charge in [0, 0.05) is 53.6 Å². The standard InChI is InChI=1S/C20H18F2N4/c21-15-6-7-17(22)14(9-15)11-24-18-4-1-5-19-16(18)12-25-20(26-19)13-3-2-8-23-10-13/h2-3,6-10,12,18,24H,1,4-5,11H2. The molecule has 2 aromatic heterocycles. The van der Waals surface area contributed by atoms with Crippen molar-refractivity contribution in [2.24, 2.45) is 0 Å². The van der Waals surface area contributed by atoms with Gasteiger partial charge in [0.2, 0.25) is 0 Å². The van der Waals surface area contributed by atoms with Crippen LogP contribution in [0.5, 0.6) is 0 Å². The van der Waals surface area contributed by atoms with Crippen LogP contribution in [0.15, 0.2) is 48.9 Å². The van der Waals surface area contributed by atoms with Gasteiger partial charge in [0.15, 0.2) is 5.82 Å². The number of benzene rings is 1. The summed E-state index contributed by atoms with van der Waals surface area (Å²) in [6.45, 7) is 0.262. The molecule has 0 amide bonds. The van der Waals surface area contributed by atoms with E-state index in [9.17, 15) is 8.78 Å². The molecule has 0 spiro atoms. The van der Waals surface area contributed by atoms with Gasteiger partial charge in [-0.15, -0.1) is 0 Å². The van der Waals surface area contributed by atoms with Gasteiger partial charge in [0.05, 0.1) is 0 Å². The largest absolute Gasteiger partial charge is 0.306 e. The van der Waals surface area contributed by atoms with Crippen molar-refractivity contribution in [3.63, 3.8) is 0 Å². The highest BCUT2D eigenvalue weighted by Crippen LogP contribution is 2.30. The van der Waals surface area contributed by atoms with E-state index in [0.29, 0.717) is 11.4 Å². The number of aryl methyl sites for hydroxylation is 1. The van der Waals surface area contributed by atoms with Gasteiger partial charge in [-0.05, 0) is 49.6 Å². The van der Waals surface area contributed by atoms with Crippen molar-refractivity contribution >= 4 is 0 Å². The molecule has 1 N–H and O–H groups in total. The molecule has 0 bridgehead atoms. The quantitative estimate of drug-likeness (QED) is 0.772. The molecule has 4 nitrogen and oxygen atoms in total. The van der Waals surface area contributed by atoms with Gasteiger partial charge in [-0.25, -0.2) is 18.7 Å². The van der Waals surface area contributed by atoms with Gasteiger partial charge in [0.1, 0.15) is 11.6 Å². The van der Waals surface area contributed by atoms with Gasteiger partial charge >= 0.3 is 0 Å². The van der Waals surface area contributed by atoms with Gasteiger partial charge in [-0.1, -0.05) is 0 Å². The third-order valence-corrected chi connectivity index (χ3v) is 4.65. The molecule has 132 valence electrons. The zero-order valence-corrected chi connectivity index (χ0v) is 14.1. The van der Waals surface area contributed by atoms with Crippen molar-refractivity contribution < 1.29 is 8.78 Å². The average Bonchev–Trinajstić information content (AvgIpc) is 2.69. The van der Waals surface area contributed by atoms with Crippen LogP contribution in [0.2, 0.25) is 0 Å². The van der Waals surface area contributed by atoms with Crippen molar-refractivity contribution in [3.05, 3.63) is 77.4 Å². The van der Waals surface area contributed by atoms with Crippen molar-refractivity contribution in [1.29, 1.82) is 0 Å². The van der Waals surface area contributed by atoms with E-state index >= 15 is 0 Å². The van der Waals surface area contributed by atoms with E-state index in [1.165, 1.54) is 6.07 Å². The maximum atomic E-state index is 13.8. The fraction of sp³-hybridized carbons (Fsp3) is 0.250. The van der Waals surface area contributed by atoms with Crippen molar-refractivity contribution in [1.82, 2.24) is 20.3 Å². The Bertz CT molecular complexity index is 915. The number of fused-ring (bicyclic) bond motifs is 1. The summed E-state index contributed by atoms with van der Waals surface area (Å²) in [4.78, 5) is 13.3. The summed E-state index contributed by atoms with van der Waals surface area (Å²) in [5, 5.41) is 3.32. The molecule has 1 aromatic carbocycles. The number of nitrogens with zero attached hydrogens (tertiary/aromatic N) is 3. The van der Waals surface area contributed by atoms with E-state index in [2.05, 4.69) is 15.3 Å². The Morgan fingerprint density at radius 1 is 1.15 bits per heavy atom. The van der Waals surface area contributed by atoms with E-state index < -0.39 is 11.6 Å². The maximum Gasteiger partial charge on any atom is 0.160 e. The second-order valence-corrected chi connectivity index (χ2v) is 6.40. The predicted octanol–water partition coefficient (Wildman–Crippen LogP) is 3.98. The highest BCUT2D eigenvalue weighted by atomic mass is 19.1. The molecule has 0 aliphatic heterocycles. The molecule has 0 saturated carbocycles. The normalized spacial score (nSPS) is 16.3. The number of rotatable bonds is 4. The smallest absolute Gasteiger partial charge is 0.160 e. The lowest BCUT2D eigenvalue weighted by Crippen LogP contribution is -2.26. The molecule has 1 aliphatic carbocycles. The van der Waals surface area contributed by atoms with Crippen LogP contribution < -0.4 is 5.32 Å². The maximum absolute atomic E-state index is 13.8. The fourth-order valence-electron chi connectivity index (χ4n) is 3.30. The number of hydrogen-bond acceptors (Lipinski definition) is 4. The second kappa shape index (κ2) is 7.25. The lowest BCUT2D eigenvalue weighted by atomic mass is 9.92. The van der Waals surface area contributed by atoms with Crippen LogP contribution in [0.25, 0.3) is 11.4 Å². The minimum absolute atomic E-state index is 0.0318. The molecular formula is C20H18F2N4. The first kappa shape index (κ1) is 16.7. The zero-order valence-electron chi connectivity index (χ0n) is 14.1. The Morgan fingerprint density at radius 3 is 2.92 bits per heavy atom. The summed E-state index contributed by atoms with van der Waals surface area (Å²) in [5.41, 5.74) is 3.24. The third kappa shape index (κ3) is 3.46. The second-order valence-electron chi connectivity index (χ2n) is 6.40. The lowest BCUT2D eigenvalue weighted by molar-refractivity contribution is 0.445. The van der Waals surface area contributed by atoms with Crippen LogP contribution in [0, 0.1) is 11.6 Å². The van der Waals surface area contributed by atoms with Gasteiger partial charge in [0.25, 0.3) is 0 Å². The topological polar surface area (TPSA) is 50.7 Å². The average molecular weight is 352 g/mol. The number of aromatic nitrogens is 3. The molecule has 3 aromatic rings. The Labute approximate surface area is 150 Å². The molecule has 0 radical (unpaired) electrons. The van der Waals surface area contributed by atoms with Crippen LogP contribution in [0.4, 0.5) is 8.78 Å². The third-order valence-electron chi connectivity index (χ3n) is 4.65. The zero-order chi connectivity index (χ0) is 17.9. The number of hydrogen-bond donors (Lipinski definition) is 1. The van der Waals surface area contributed by atoms with Gasteiger partial charge < -0.3 is 5.32 Å². The minimum Gasteiger partial charge on any atom is -0.306 e. The first-order valence-electron chi connectivity index (χ1n) is 8.64. The van der Waals surface area contributed by atoms with Crippen LogP contribution in [-0.2, 0) is 13.0 Å². The molecular weight excluding hydrogens is 334 g/mol. The summed E-state index contributed by atoms with van der Waals surface area (Å²) >= 11 is 0. The molecule has 2 heterocycles. The Kier molecular flexibility index (Phi) is 4.67. The molecule has 0 saturated heterocycles. The molecule has 1 atom stereocenters. The Morgan fingerprint density at radius 2 is 2.08 bits per heavy atom. The Hall–Kier alpha value is -2.73. The summed E-state index contributed by atoms with van der Waals surface area (Å²) in [6, 6.07) is 7.33.